The minimum atomic E-state index is -0.420. The van der Waals surface area contributed by atoms with Gasteiger partial charge in [-0.15, -0.1) is 0 Å². The molecular formula is C49H71ClN18O2S4. The van der Waals surface area contributed by atoms with Crippen LogP contribution in [0.3, 0.4) is 0 Å². The number of piperidine rings is 2. The number of likely N-dealkylation sites (tertiary alicyclic amines) is 1. The summed E-state index contributed by atoms with van der Waals surface area (Å²) in [5.41, 5.74) is 0. The molecule has 74 heavy (non-hydrogen) atoms. The first-order chi connectivity index (χ1) is 35.2. The first-order valence-electron chi connectivity index (χ1n) is 24.3. The third kappa shape index (κ3) is 20.6. The zero-order valence-electron chi connectivity index (χ0n) is 42.5. The number of piperazine rings is 2. The minimum absolute atomic E-state index is 0. The smallest absolute Gasteiger partial charge is 0.246 e. The van der Waals surface area contributed by atoms with Crippen molar-refractivity contribution < 1.29 is 9.59 Å². The molecule has 4 aromatic rings. The quantitative estimate of drug-likeness (QED) is 0.0651. The van der Waals surface area contributed by atoms with Gasteiger partial charge in [0.1, 0.15) is 45.2 Å². The van der Waals surface area contributed by atoms with Crippen LogP contribution < -0.4 is 25.8 Å². The lowest BCUT2D eigenvalue weighted by Gasteiger charge is -2.33. The second-order valence-electron chi connectivity index (χ2n) is 18.2. The molecule has 0 saturated carbocycles. The summed E-state index contributed by atoms with van der Waals surface area (Å²) >= 11 is 11.1. The molecule has 0 bridgehead atoms. The van der Waals surface area contributed by atoms with Crippen molar-refractivity contribution in [3.8, 4) is 12.1 Å². The largest absolute Gasteiger partial charge is 0.354 e. The predicted molar refractivity (Wildman–Crippen MR) is 304 cm³/mol. The molecule has 0 spiro atoms. The fourth-order valence-corrected chi connectivity index (χ4v) is 11.1. The lowest BCUT2D eigenvalue weighted by Crippen LogP contribution is -2.44. The van der Waals surface area contributed by atoms with Crippen LogP contribution in [0.4, 0.5) is 33.5 Å². The van der Waals surface area contributed by atoms with Gasteiger partial charge in [0.25, 0.3) is 0 Å². The molecule has 25 heteroatoms. The van der Waals surface area contributed by atoms with Crippen LogP contribution >= 0.6 is 57.8 Å². The van der Waals surface area contributed by atoms with Crippen molar-refractivity contribution in [3.05, 3.63) is 58.6 Å². The van der Waals surface area contributed by atoms with E-state index in [-0.39, 0.29) is 13.3 Å². The average Bonchev–Trinajstić information content (AvgIpc) is 4.04. The highest BCUT2D eigenvalue weighted by molar-refractivity contribution is 8.00. The van der Waals surface area contributed by atoms with E-state index >= 15 is 0 Å². The number of thiazole rings is 2. The molecule has 4 aliphatic heterocycles. The van der Waals surface area contributed by atoms with E-state index in [1.807, 2.05) is 61.1 Å². The van der Waals surface area contributed by atoms with E-state index in [2.05, 4.69) is 71.8 Å². The normalized spacial score (nSPS) is 17.0. The first-order valence-corrected chi connectivity index (χ1v) is 28.0. The number of nitrogens with one attached hydrogen (secondary N) is 3. The summed E-state index contributed by atoms with van der Waals surface area (Å²) in [6.07, 6.45) is 13.9. The Morgan fingerprint density at radius 3 is 1.54 bits per heavy atom. The summed E-state index contributed by atoms with van der Waals surface area (Å²) in [6.45, 7) is 12.9. The molecule has 0 aromatic carbocycles. The molecule has 3 N–H and O–H groups in total. The number of thioether (sulfide) groups is 2. The highest BCUT2D eigenvalue weighted by atomic mass is 35.5. The van der Waals surface area contributed by atoms with Gasteiger partial charge in [0.05, 0.1) is 12.4 Å². The summed E-state index contributed by atoms with van der Waals surface area (Å²) in [6, 6.07) is 8.21. The fraction of sp³-hybridized carbons (Fsp3) is 0.551. The van der Waals surface area contributed by atoms with E-state index in [4.69, 9.17) is 42.1 Å². The Labute approximate surface area is 458 Å². The summed E-state index contributed by atoms with van der Waals surface area (Å²) in [7, 11) is 12.1. The van der Waals surface area contributed by atoms with Crippen molar-refractivity contribution in [1.82, 2.24) is 59.7 Å². The van der Waals surface area contributed by atoms with E-state index in [9.17, 15) is 9.59 Å². The molecule has 4 fully saturated rings. The Bertz CT molecular complexity index is 2520. The van der Waals surface area contributed by atoms with Gasteiger partial charge in [0.15, 0.2) is 20.6 Å². The number of nitriles is 2. The molecule has 8 heterocycles. The number of allylic oxidation sites excluding steroid dienone is 1. The molecule has 4 aliphatic rings. The fourth-order valence-electron chi connectivity index (χ4n) is 7.67. The van der Waals surface area contributed by atoms with E-state index in [1.165, 1.54) is 28.7 Å². The molecular weight excluding hydrogens is 1040 g/mol. The number of rotatable bonds is 16. The van der Waals surface area contributed by atoms with Crippen LogP contribution in [0.25, 0.3) is 0 Å². The number of hydrogen-bond donors (Lipinski definition) is 3. The van der Waals surface area contributed by atoms with Gasteiger partial charge >= 0.3 is 0 Å². The van der Waals surface area contributed by atoms with Crippen LogP contribution in [0.1, 0.15) is 42.9 Å². The zero-order chi connectivity index (χ0) is 52.1. The molecule has 4 aromatic heterocycles. The van der Waals surface area contributed by atoms with E-state index in [0.717, 1.165) is 145 Å². The zero-order valence-corrected chi connectivity index (χ0v) is 46.6. The summed E-state index contributed by atoms with van der Waals surface area (Å²) in [5, 5.41) is 31.4. The topological polar surface area (TPSA) is 218 Å². The molecule has 4 saturated heterocycles. The van der Waals surface area contributed by atoms with Gasteiger partial charge in [-0.05, 0) is 98.7 Å². The Hall–Kier alpha value is -4.99. The third-order valence-electron chi connectivity index (χ3n) is 11.8. The number of halogens is 1. The standard InChI is InChI=1S/C24H33N9OS2.C18H24N8S2.C6H10ClNO.CH4/c1-30(2)8-4-5-22(34)33-9-6-18(7-10-33)35-24-28-20(27-23-26-17-19(16-25)36-23)15-21(29-24)32-13-11-31(3)12-14-32;1-25-6-8-26(9-7-25)16-10-15(22-17-21-12-14(11-19)28-17)23-18(24-16)27-13-2-4-20-5-3-13;1-8(2)5-3-4-6(7)9;/h4-5,15,17-18H,6-14H2,1-3H3,(H,26,27,28,29);10,12-13,20H,2-9H2,1H3,(H,21,22,23,24);3-4H,5H2,1-2H3;1H4/b5-4+;;4-3+;. The molecule has 0 atom stereocenters. The van der Waals surface area contributed by atoms with Gasteiger partial charge in [0.2, 0.25) is 11.1 Å². The maximum Gasteiger partial charge on any atom is 0.246 e. The third-order valence-corrected chi connectivity index (χ3v) is 15.9. The van der Waals surface area contributed by atoms with Crippen molar-refractivity contribution >= 4 is 102 Å². The van der Waals surface area contributed by atoms with Gasteiger partial charge in [-0.25, -0.2) is 29.9 Å². The molecule has 8 rings (SSSR count). The number of carbonyl (C=O) groups is 2. The first kappa shape index (κ1) is 59.9. The number of carbonyl (C=O) groups excluding carboxylic acids is 2. The average molecular weight is 1110 g/mol. The molecule has 0 radical (unpaired) electrons. The Kier molecular flexibility index (Phi) is 25.2. The van der Waals surface area contributed by atoms with Crippen LogP contribution in [0.5, 0.6) is 0 Å². The van der Waals surface area contributed by atoms with Gasteiger partial charge in [0, 0.05) is 107 Å². The SMILES string of the molecule is C.CN(C)C/C=C/C(=O)Cl.CN(C)C/C=C/C(=O)N1CCC(Sc2nc(Nc3ncc(C#N)s3)cc(N3CCN(C)CC3)n2)CC1.CN1CCN(c2cc(Nc3ncc(C#N)s3)nc(SC3CCNCC3)n2)CC1. The Balaban J connectivity index is 0.000000237. The van der Waals surface area contributed by atoms with Gasteiger partial charge < -0.3 is 50.2 Å². The Morgan fingerprint density at radius 2 is 1.14 bits per heavy atom. The summed E-state index contributed by atoms with van der Waals surface area (Å²) in [4.78, 5) is 66.7. The van der Waals surface area contributed by atoms with Crippen LogP contribution in [0, 0.1) is 22.7 Å². The van der Waals surface area contributed by atoms with E-state index in [0.29, 0.717) is 36.3 Å². The predicted octanol–water partition coefficient (Wildman–Crippen LogP) is 6.15. The van der Waals surface area contributed by atoms with Gasteiger partial charge in [-0.2, -0.15) is 10.5 Å². The summed E-state index contributed by atoms with van der Waals surface area (Å²) in [5.74, 6) is 3.36. The second-order valence-corrected chi connectivity index (χ2v) is 23.2. The van der Waals surface area contributed by atoms with Crippen LogP contribution in [0.2, 0.25) is 0 Å². The Morgan fingerprint density at radius 1 is 0.703 bits per heavy atom. The number of aromatic nitrogens is 6. The van der Waals surface area contributed by atoms with Crippen molar-refractivity contribution in [2.24, 2.45) is 0 Å². The van der Waals surface area contributed by atoms with Crippen LogP contribution in [-0.4, -0.2) is 210 Å². The number of likely N-dealkylation sites (N-methyl/N-ethyl adjacent to an activating group) is 4. The lowest BCUT2D eigenvalue weighted by atomic mass is 10.1. The molecule has 400 valence electrons. The van der Waals surface area contributed by atoms with Crippen LogP contribution in [-0.2, 0) is 9.59 Å². The highest BCUT2D eigenvalue weighted by Crippen LogP contribution is 2.33. The van der Waals surface area contributed by atoms with Crippen LogP contribution in [0.15, 0.2) is 59.1 Å². The maximum absolute atomic E-state index is 12.5. The number of amides is 1. The number of hydrogen-bond acceptors (Lipinski definition) is 23. The monoisotopic (exact) mass is 1110 g/mol. The molecule has 1 amide bonds. The minimum Gasteiger partial charge on any atom is -0.354 e. The van der Waals surface area contributed by atoms with Crippen molar-refractivity contribution in [2.45, 2.75) is 53.9 Å². The molecule has 0 unspecified atom stereocenters. The maximum atomic E-state index is 12.5. The van der Waals surface area contributed by atoms with Crippen molar-refractivity contribution in [1.29, 1.82) is 10.5 Å². The lowest BCUT2D eigenvalue weighted by molar-refractivity contribution is -0.126. The number of nitrogens with zero attached hydrogens (tertiary/aromatic N) is 15. The van der Waals surface area contributed by atoms with Crippen molar-refractivity contribution in [3.63, 3.8) is 0 Å². The van der Waals surface area contributed by atoms with Gasteiger partial charge in [-0.1, -0.05) is 65.8 Å². The highest BCUT2D eigenvalue weighted by Gasteiger charge is 2.26. The summed E-state index contributed by atoms with van der Waals surface area (Å²) < 4.78 is 0. The van der Waals surface area contributed by atoms with E-state index < -0.39 is 5.24 Å². The van der Waals surface area contributed by atoms with Crippen molar-refractivity contribution in [2.75, 3.05) is 154 Å². The molecule has 20 nitrogen and oxygen atoms in total. The number of anilines is 6. The van der Waals surface area contributed by atoms with E-state index in [1.54, 1.807) is 48.1 Å². The second kappa shape index (κ2) is 31.2. The van der Waals surface area contributed by atoms with Gasteiger partial charge in [-0.3, -0.25) is 9.59 Å². The molecule has 0 aliphatic carbocycles.